The van der Waals surface area contributed by atoms with Crippen LogP contribution in [0.2, 0.25) is 0 Å². The third-order valence-corrected chi connectivity index (χ3v) is 6.83. The Kier molecular flexibility index (Phi) is 5.55. The van der Waals surface area contributed by atoms with Gasteiger partial charge in [-0.3, -0.25) is 14.5 Å². The van der Waals surface area contributed by atoms with E-state index in [4.69, 9.17) is 9.47 Å². The number of piperidine rings is 1. The molecule has 0 saturated carbocycles. The van der Waals surface area contributed by atoms with E-state index in [0.29, 0.717) is 22.7 Å². The third kappa shape index (κ3) is 4.02. The molecular weight excluding hydrogens is 436 g/mol. The number of carbonyl (C=O) groups excluding carboxylic acids is 3. The fourth-order valence-electron chi connectivity index (χ4n) is 4.61. The lowest BCUT2D eigenvalue weighted by Gasteiger charge is -2.32. The van der Waals surface area contributed by atoms with Gasteiger partial charge in [-0.1, -0.05) is 13.0 Å². The van der Waals surface area contributed by atoms with Gasteiger partial charge in [-0.2, -0.15) is 0 Å². The molecule has 2 fully saturated rings. The average Bonchev–Trinajstić information content (AvgIpc) is 3.38. The highest BCUT2D eigenvalue weighted by atomic mass is 16.7. The van der Waals surface area contributed by atoms with Crippen LogP contribution < -0.4 is 25.0 Å². The summed E-state index contributed by atoms with van der Waals surface area (Å²) < 4.78 is 10.7. The molecule has 1 atom stereocenters. The molecule has 3 aliphatic rings. The second-order valence-electron chi connectivity index (χ2n) is 9.28. The van der Waals surface area contributed by atoms with Gasteiger partial charge in [0.25, 0.3) is 5.91 Å². The van der Waals surface area contributed by atoms with Crippen molar-refractivity contribution in [3.05, 3.63) is 48.0 Å². The van der Waals surface area contributed by atoms with Crippen LogP contribution in [0.25, 0.3) is 0 Å². The number of nitrogens with zero attached hydrogens (tertiary/aromatic N) is 2. The second kappa shape index (κ2) is 8.55. The Bertz CT molecular complexity index is 1130. The van der Waals surface area contributed by atoms with Gasteiger partial charge in [0.15, 0.2) is 11.5 Å². The molecule has 0 aromatic heterocycles. The molecule has 9 heteroatoms. The largest absolute Gasteiger partial charge is 0.454 e. The van der Waals surface area contributed by atoms with E-state index >= 15 is 0 Å². The van der Waals surface area contributed by atoms with Gasteiger partial charge < -0.3 is 25.0 Å². The monoisotopic (exact) mass is 464 g/mol. The molecule has 0 radical (unpaired) electrons. The zero-order valence-electron chi connectivity index (χ0n) is 19.3. The zero-order valence-corrected chi connectivity index (χ0v) is 19.3. The van der Waals surface area contributed by atoms with Gasteiger partial charge in [0.2, 0.25) is 12.7 Å². The van der Waals surface area contributed by atoms with E-state index in [-0.39, 0.29) is 13.3 Å². The number of hydrogen-bond acceptors (Lipinski definition) is 6. The van der Waals surface area contributed by atoms with Gasteiger partial charge in [0, 0.05) is 24.5 Å². The van der Waals surface area contributed by atoms with Crippen molar-refractivity contribution in [3.8, 4) is 11.5 Å². The van der Waals surface area contributed by atoms with Crippen molar-refractivity contribution >= 4 is 29.2 Å². The minimum Gasteiger partial charge on any atom is -0.454 e. The molecule has 4 amide bonds. The van der Waals surface area contributed by atoms with Crippen LogP contribution in [0.15, 0.2) is 42.5 Å². The molecule has 3 heterocycles. The summed E-state index contributed by atoms with van der Waals surface area (Å²) in [6.45, 7) is 5.68. The molecule has 34 heavy (non-hydrogen) atoms. The fraction of sp³-hybridized carbons (Fsp3) is 0.400. The van der Waals surface area contributed by atoms with Crippen LogP contribution in [0.3, 0.4) is 0 Å². The molecule has 0 spiro atoms. The number of ether oxygens (including phenoxy) is 2. The number of benzene rings is 2. The van der Waals surface area contributed by atoms with E-state index in [9.17, 15) is 14.4 Å². The van der Waals surface area contributed by atoms with Crippen molar-refractivity contribution in [1.82, 2.24) is 10.2 Å². The SMILES string of the molecule is CC1CCN(c2ccc(NC(=O)CN3C(=O)N[C@@](C)(c4ccc5c(c4)OCO5)C3=O)cc2)CC1. The first-order valence-electron chi connectivity index (χ1n) is 11.5. The first-order chi connectivity index (χ1) is 16.3. The molecule has 2 saturated heterocycles. The minimum absolute atomic E-state index is 0.111. The van der Waals surface area contributed by atoms with E-state index < -0.39 is 23.4 Å². The lowest BCUT2D eigenvalue weighted by atomic mass is 9.91. The highest BCUT2D eigenvalue weighted by molar-refractivity contribution is 6.10. The fourth-order valence-corrected chi connectivity index (χ4v) is 4.61. The molecule has 5 rings (SSSR count). The third-order valence-electron chi connectivity index (χ3n) is 6.83. The smallest absolute Gasteiger partial charge is 0.325 e. The predicted molar refractivity (Wildman–Crippen MR) is 126 cm³/mol. The van der Waals surface area contributed by atoms with Gasteiger partial charge in [-0.05, 0) is 67.6 Å². The van der Waals surface area contributed by atoms with Crippen LogP contribution >= 0.6 is 0 Å². The van der Waals surface area contributed by atoms with Gasteiger partial charge in [-0.15, -0.1) is 0 Å². The molecule has 2 aromatic carbocycles. The normalized spacial score (nSPS) is 22.2. The molecule has 2 N–H and O–H groups in total. The van der Waals surface area contributed by atoms with Crippen LogP contribution in [0.1, 0.15) is 32.3 Å². The number of anilines is 2. The Morgan fingerprint density at radius 2 is 1.79 bits per heavy atom. The minimum atomic E-state index is -1.30. The molecule has 2 aromatic rings. The van der Waals surface area contributed by atoms with Crippen LogP contribution in [0.5, 0.6) is 11.5 Å². The molecule has 178 valence electrons. The summed E-state index contributed by atoms with van der Waals surface area (Å²) >= 11 is 0. The van der Waals surface area contributed by atoms with Crippen LogP contribution in [-0.4, -0.2) is 49.2 Å². The summed E-state index contributed by atoms with van der Waals surface area (Å²) in [4.78, 5) is 41.7. The Balaban J connectivity index is 1.22. The molecule has 0 unspecified atom stereocenters. The zero-order chi connectivity index (χ0) is 23.9. The standard InChI is InChI=1S/C25H28N4O5/c1-16-9-11-28(12-10-16)19-6-4-18(5-7-19)26-22(30)14-29-23(31)25(2,27-24(29)32)17-3-8-20-21(13-17)34-15-33-20/h3-8,13,16H,9-12,14-15H2,1-2H3,(H,26,30)(H,27,32)/t25-/m0/s1. The molecule has 0 aliphatic carbocycles. The van der Waals surface area contributed by atoms with Crippen molar-refractivity contribution in [1.29, 1.82) is 0 Å². The topological polar surface area (TPSA) is 100 Å². The lowest BCUT2D eigenvalue weighted by Crippen LogP contribution is -2.42. The van der Waals surface area contributed by atoms with Crippen molar-refractivity contribution in [2.75, 3.05) is 36.6 Å². The summed E-state index contributed by atoms with van der Waals surface area (Å²) in [6.07, 6.45) is 2.35. The van der Waals surface area contributed by atoms with Gasteiger partial charge in [0.05, 0.1) is 0 Å². The van der Waals surface area contributed by atoms with Crippen LogP contribution in [0, 0.1) is 5.92 Å². The number of carbonyl (C=O) groups is 3. The quantitative estimate of drug-likeness (QED) is 0.660. The maximum absolute atomic E-state index is 13.2. The summed E-state index contributed by atoms with van der Waals surface area (Å²) in [5.41, 5.74) is 0.996. The summed E-state index contributed by atoms with van der Waals surface area (Å²) in [6, 6.07) is 12.1. The van der Waals surface area contributed by atoms with Crippen molar-refractivity contribution < 1.29 is 23.9 Å². The average molecular weight is 465 g/mol. The summed E-state index contributed by atoms with van der Waals surface area (Å²) in [5, 5.41) is 5.49. The van der Waals surface area contributed by atoms with Gasteiger partial charge >= 0.3 is 6.03 Å². The van der Waals surface area contributed by atoms with Crippen molar-refractivity contribution in [2.24, 2.45) is 5.92 Å². The second-order valence-corrected chi connectivity index (χ2v) is 9.28. The first-order valence-corrected chi connectivity index (χ1v) is 11.5. The van der Waals surface area contributed by atoms with Gasteiger partial charge in [0.1, 0.15) is 12.1 Å². The number of rotatable bonds is 5. The lowest BCUT2D eigenvalue weighted by molar-refractivity contribution is -0.133. The summed E-state index contributed by atoms with van der Waals surface area (Å²) in [7, 11) is 0. The molecule has 0 bridgehead atoms. The van der Waals surface area contributed by atoms with E-state index in [1.165, 1.54) is 12.8 Å². The number of fused-ring (bicyclic) bond motifs is 1. The number of amides is 4. The highest BCUT2D eigenvalue weighted by Crippen LogP contribution is 2.37. The summed E-state index contributed by atoms with van der Waals surface area (Å²) in [5.74, 6) is 0.909. The maximum atomic E-state index is 13.2. The maximum Gasteiger partial charge on any atom is 0.325 e. The Labute approximate surface area is 198 Å². The van der Waals surface area contributed by atoms with Gasteiger partial charge in [-0.25, -0.2) is 4.79 Å². The first kappa shape index (κ1) is 22.1. The van der Waals surface area contributed by atoms with E-state index in [2.05, 4.69) is 22.5 Å². The highest BCUT2D eigenvalue weighted by Gasteiger charge is 2.49. The Hall–Kier alpha value is -3.75. The molecule has 9 nitrogen and oxygen atoms in total. The van der Waals surface area contributed by atoms with Crippen LogP contribution in [0.4, 0.5) is 16.2 Å². The molecular formula is C25H28N4O5. The Morgan fingerprint density at radius 3 is 2.53 bits per heavy atom. The van der Waals surface area contributed by atoms with Crippen LogP contribution in [-0.2, 0) is 15.1 Å². The predicted octanol–water partition coefficient (Wildman–Crippen LogP) is 3.06. The van der Waals surface area contributed by atoms with Crippen molar-refractivity contribution in [2.45, 2.75) is 32.2 Å². The number of nitrogens with one attached hydrogen (secondary N) is 2. The van der Waals surface area contributed by atoms with E-state index in [0.717, 1.165) is 29.6 Å². The Morgan fingerprint density at radius 1 is 1.09 bits per heavy atom. The number of hydrogen-bond donors (Lipinski definition) is 2. The van der Waals surface area contributed by atoms with E-state index in [1.54, 1.807) is 25.1 Å². The number of urea groups is 1. The van der Waals surface area contributed by atoms with Crippen molar-refractivity contribution in [3.63, 3.8) is 0 Å². The molecule has 3 aliphatic heterocycles. The number of imide groups is 1. The van der Waals surface area contributed by atoms with E-state index in [1.807, 2.05) is 24.3 Å².